The van der Waals surface area contributed by atoms with Crippen LogP contribution in [0.3, 0.4) is 0 Å². The van der Waals surface area contributed by atoms with Crippen molar-refractivity contribution < 1.29 is 26.9 Å². The summed E-state index contributed by atoms with van der Waals surface area (Å²) in [7, 11) is -3.67. The van der Waals surface area contributed by atoms with E-state index in [2.05, 4.69) is 6.58 Å². The number of ether oxygens (including phenoxy) is 1. The predicted octanol–water partition coefficient (Wildman–Crippen LogP) is 2.29. The molecule has 25 heavy (non-hydrogen) atoms. The van der Waals surface area contributed by atoms with Gasteiger partial charge in [-0.1, -0.05) is 32.2 Å². The molecule has 3 rings (SSSR count). The number of fused-ring (bicyclic) bond motifs is 1. The van der Waals surface area contributed by atoms with E-state index in [9.17, 15) is 18.0 Å². The van der Waals surface area contributed by atoms with Crippen LogP contribution in [0.15, 0.2) is 12.2 Å². The highest BCUT2D eigenvalue weighted by Gasteiger charge is 2.84. The minimum absolute atomic E-state index is 0.0438. The molecule has 0 radical (unpaired) electrons. The van der Waals surface area contributed by atoms with E-state index in [1.807, 2.05) is 13.8 Å². The number of carbonyl (C=O) groups is 2. The van der Waals surface area contributed by atoms with Crippen molar-refractivity contribution in [3.8, 4) is 0 Å². The first kappa shape index (κ1) is 18.9. The number of rotatable bonds is 4. The molecule has 6 unspecified atom stereocenters. The third-order valence-electron chi connectivity index (χ3n) is 6.89. The summed E-state index contributed by atoms with van der Waals surface area (Å²) < 4.78 is 36.2. The van der Waals surface area contributed by atoms with E-state index in [4.69, 9.17) is 8.92 Å². The van der Waals surface area contributed by atoms with Gasteiger partial charge in [0.2, 0.25) is 5.12 Å². The second-order valence-corrected chi connectivity index (χ2v) is 10.7. The highest BCUT2D eigenvalue weighted by atomic mass is 32.2. The minimum Gasteiger partial charge on any atom is -0.455 e. The molecule has 3 aliphatic rings. The zero-order valence-electron chi connectivity index (χ0n) is 15.1. The highest BCUT2D eigenvalue weighted by molar-refractivity contribution is 8.14. The van der Waals surface area contributed by atoms with Gasteiger partial charge in [0.1, 0.15) is 11.2 Å². The van der Waals surface area contributed by atoms with Gasteiger partial charge in [-0.25, -0.2) is 0 Å². The summed E-state index contributed by atoms with van der Waals surface area (Å²) in [5, 5.41) is -0.802. The first-order valence-corrected chi connectivity index (χ1v) is 10.7. The SMILES string of the molecule is C=C(C)C(=O)SCC(=O)OC1(C)C2(C)CC3C(C2C)C1(C)OS3(=O)=O. The van der Waals surface area contributed by atoms with E-state index in [1.54, 1.807) is 20.8 Å². The fourth-order valence-corrected chi connectivity index (χ4v) is 8.07. The van der Waals surface area contributed by atoms with Gasteiger partial charge in [-0.05, 0) is 38.7 Å². The normalized spacial score (nSPS) is 46.2. The van der Waals surface area contributed by atoms with E-state index in [1.165, 1.54) is 0 Å². The predicted molar refractivity (Wildman–Crippen MR) is 94.4 cm³/mol. The van der Waals surface area contributed by atoms with Gasteiger partial charge in [0.15, 0.2) is 0 Å². The zero-order chi connectivity index (χ0) is 19.0. The van der Waals surface area contributed by atoms with Crippen LogP contribution in [0.2, 0.25) is 0 Å². The zero-order valence-corrected chi connectivity index (χ0v) is 16.8. The number of esters is 1. The Morgan fingerprint density at radius 3 is 2.48 bits per heavy atom. The van der Waals surface area contributed by atoms with Crippen molar-refractivity contribution in [1.29, 1.82) is 0 Å². The Bertz CT molecular complexity index is 774. The lowest BCUT2D eigenvalue weighted by atomic mass is 9.66. The number of carbonyl (C=O) groups excluding carboxylic acids is 2. The second-order valence-electron chi connectivity index (χ2n) is 8.02. The van der Waals surface area contributed by atoms with Gasteiger partial charge in [-0.2, -0.15) is 8.42 Å². The van der Waals surface area contributed by atoms with Gasteiger partial charge >= 0.3 is 5.97 Å². The number of hydrogen-bond donors (Lipinski definition) is 0. The average molecular weight is 389 g/mol. The lowest BCUT2D eigenvalue weighted by Crippen LogP contribution is -2.60. The molecule has 6 atom stereocenters. The summed E-state index contributed by atoms with van der Waals surface area (Å²) in [5.41, 5.74) is -2.29. The molecule has 0 aromatic heterocycles. The molecule has 2 saturated carbocycles. The topological polar surface area (TPSA) is 86.7 Å². The third kappa shape index (κ3) is 2.23. The van der Waals surface area contributed by atoms with Crippen molar-refractivity contribution in [3.63, 3.8) is 0 Å². The molecule has 2 bridgehead atoms. The van der Waals surface area contributed by atoms with Crippen LogP contribution in [0.25, 0.3) is 0 Å². The van der Waals surface area contributed by atoms with Crippen LogP contribution in [0, 0.1) is 17.3 Å². The van der Waals surface area contributed by atoms with Crippen molar-refractivity contribution in [3.05, 3.63) is 12.2 Å². The Morgan fingerprint density at radius 1 is 1.32 bits per heavy atom. The maximum atomic E-state index is 12.4. The van der Waals surface area contributed by atoms with Crippen molar-refractivity contribution in [2.24, 2.45) is 17.3 Å². The monoisotopic (exact) mass is 388 g/mol. The van der Waals surface area contributed by atoms with Crippen LogP contribution in [-0.2, 0) is 28.6 Å². The van der Waals surface area contributed by atoms with E-state index >= 15 is 0 Å². The van der Waals surface area contributed by atoms with Gasteiger partial charge < -0.3 is 4.74 Å². The molecule has 1 heterocycles. The molecule has 1 aliphatic heterocycles. The summed E-state index contributed by atoms with van der Waals surface area (Å²) in [4.78, 5) is 24.0. The molecule has 2 aliphatic carbocycles. The fraction of sp³-hybridized carbons (Fsp3) is 0.765. The lowest BCUT2D eigenvalue weighted by Gasteiger charge is -2.48. The second kappa shape index (κ2) is 5.33. The van der Waals surface area contributed by atoms with Crippen LogP contribution < -0.4 is 0 Å². The maximum absolute atomic E-state index is 12.4. The minimum atomic E-state index is -3.67. The largest absolute Gasteiger partial charge is 0.455 e. The van der Waals surface area contributed by atoms with Crippen LogP contribution in [0.4, 0.5) is 0 Å². The van der Waals surface area contributed by atoms with Gasteiger partial charge in [0, 0.05) is 11.3 Å². The Balaban J connectivity index is 1.87. The van der Waals surface area contributed by atoms with Crippen molar-refractivity contribution in [2.45, 2.75) is 57.5 Å². The first-order chi connectivity index (χ1) is 11.3. The standard InChI is InChI=1S/C17H24O6S2/c1-9(2)14(19)24-8-12(18)22-17(6)15(4)7-11-13(10(15)3)16(17,5)23-25(11,20)21/h10-11,13H,1,7-8H2,2-6H3. The Hall–Kier alpha value is -0.860. The molecular weight excluding hydrogens is 364 g/mol. The molecule has 3 fully saturated rings. The Morgan fingerprint density at radius 2 is 1.92 bits per heavy atom. The summed E-state index contributed by atoms with van der Waals surface area (Å²) in [6.45, 7) is 12.6. The quantitative estimate of drug-likeness (QED) is 0.415. The van der Waals surface area contributed by atoms with E-state index in [-0.39, 0.29) is 22.7 Å². The van der Waals surface area contributed by atoms with Crippen LogP contribution >= 0.6 is 11.8 Å². The average Bonchev–Trinajstić information content (AvgIpc) is 2.90. The Labute approximate surface area is 152 Å². The summed E-state index contributed by atoms with van der Waals surface area (Å²) >= 11 is 0.840. The fourth-order valence-electron chi connectivity index (χ4n) is 5.24. The molecule has 6 nitrogen and oxygen atoms in total. The van der Waals surface area contributed by atoms with Crippen molar-refractivity contribution >= 4 is 33.0 Å². The first-order valence-electron chi connectivity index (χ1n) is 8.29. The molecule has 8 heteroatoms. The Kier molecular flexibility index (Phi) is 4.03. The van der Waals surface area contributed by atoms with Crippen LogP contribution in [0.5, 0.6) is 0 Å². The molecule has 0 aromatic rings. The molecule has 0 spiro atoms. The molecule has 0 amide bonds. The summed E-state index contributed by atoms with van der Waals surface area (Å²) in [6, 6.07) is 0. The van der Waals surface area contributed by atoms with E-state index in [0.29, 0.717) is 12.0 Å². The summed E-state index contributed by atoms with van der Waals surface area (Å²) in [5.74, 6) is -0.844. The van der Waals surface area contributed by atoms with E-state index in [0.717, 1.165) is 11.8 Å². The maximum Gasteiger partial charge on any atom is 0.317 e. The number of thioether (sulfide) groups is 1. The number of hydrogen-bond acceptors (Lipinski definition) is 7. The third-order valence-corrected chi connectivity index (χ3v) is 9.66. The molecule has 0 aromatic carbocycles. The van der Waals surface area contributed by atoms with Crippen LogP contribution in [-0.4, -0.2) is 41.7 Å². The van der Waals surface area contributed by atoms with Crippen LogP contribution in [0.1, 0.15) is 41.0 Å². The molecule has 140 valence electrons. The summed E-state index contributed by atoms with van der Waals surface area (Å²) in [6.07, 6.45) is 0.415. The highest BCUT2D eigenvalue weighted by Crippen LogP contribution is 2.74. The van der Waals surface area contributed by atoms with Gasteiger partial charge in [0.05, 0.1) is 11.0 Å². The van der Waals surface area contributed by atoms with Gasteiger partial charge in [-0.3, -0.25) is 13.8 Å². The lowest BCUT2D eigenvalue weighted by molar-refractivity contribution is -0.200. The van der Waals surface area contributed by atoms with Gasteiger partial charge in [0.25, 0.3) is 10.1 Å². The molecule has 0 N–H and O–H groups in total. The van der Waals surface area contributed by atoms with Crippen molar-refractivity contribution in [2.75, 3.05) is 5.75 Å². The molecule has 1 saturated heterocycles. The van der Waals surface area contributed by atoms with Gasteiger partial charge in [-0.15, -0.1) is 0 Å². The van der Waals surface area contributed by atoms with E-state index < -0.39 is 38.0 Å². The smallest absolute Gasteiger partial charge is 0.317 e. The van der Waals surface area contributed by atoms with Crippen molar-refractivity contribution in [1.82, 2.24) is 0 Å². The molecular formula is C17H24O6S2.